The number of hydrogen-bond acceptors (Lipinski definition) is 0. The number of halogens is 1. The van der Waals surface area contributed by atoms with Crippen LogP contribution in [0.5, 0.6) is 0 Å². The first-order chi connectivity index (χ1) is 6.43. The lowest BCUT2D eigenvalue weighted by molar-refractivity contribution is 0.571. The molecule has 0 aliphatic rings. The molecule has 1 aromatic rings. The molecular weight excluding hydrogens is 175 g/mol. The summed E-state index contributed by atoms with van der Waals surface area (Å²) in [4.78, 5) is 0. The summed E-state index contributed by atoms with van der Waals surface area (Å²) in [5, 5.41) is 0. The van der Waals surface area contributed by atoms with E-state index in [0.29, 0.717) is 0 Å². The maximum atomic E-state index is 14.0. The Hall–Kier alpha value is -0.850. The highest BCUT2D eigenvalue weighted by molar-refractivity contribution is 5.34. The number of benzene rings is 1. The minimum atomic E-state index is -0.0133. The molecule has 1 rings (SSSR count). The van der Waals surface area contributed by atoms with Crippen LogP contribution in [0.4, 0.5) is 4.39 Å². The van der Waals surface area contributed by atoms with Crippen LogP contribution in [0.1, 0.15) is 56.2 Å². The summed E-state index contributed by atoms with van der Waals surface area (Å²) < 4.78 is 14.0. The third-order valence-electron chi connectivity index (χ3n) is 2.52. The number of aryl methyl sites for hydroxylation is 1. The average molecular weight is 194 g/mol. The van der Waals surface area contributed by atoms with Gasteiger partial charge in [-0.25, -0.2) is 4.39 Å². The van der Waals surface area contributed by atoms with E-state index in [2.05, 4.69) is 0 Å². The van der Waals surface area contributed by atoms with E-state index in [1.807, 2.05) is 46.8 Å². The Morgan fingerprint density at radius 1 is 0.929 bits per heavy atom. The summed E-state index contributed by atoms with van der Waals surface area (Å²) in [7, 11) is 0. The predicted molar refractivity (Wildman–Crippen MR) is 59.3 cm³/mol. The molecule has 0 saturated heterocycles. The Kier molecular flexibility index (Phi) is 3.30. The fourth-order valence-corrected chi connectivity index (χ4v) is 1.67. The zero-order valence-corrected chi connectivity index (χ0v) is 9.69. The second-order valence-electron chi connectivity index (χ2n) is 4.57. The van der Waals surface area contributed by atoms with Crippen LogP contribution in [0.3, 0.4) is 0 Å². The van der Waals surface area contributed by atoms with Gasteiger partial charge in [0.15, 0.2) is 0 Å². The normalized spacial score (nSPS) is 11.4. The fourth-order valence-electron chi connectivity index (χ4n) is 1.67. The van der Waals surface area contributed by atoms with Gasteiger partial charge in [-0.3, -0.25) is 0 Å². The summed E-state index contributed by atoms with van der Waals surface area (Å²) in [6, 6.07) is 3.90. The van der Waals surface area contributed by atoms with Crippen LogP contribution < -0.4 is 0 Å². The van der Waals surface area contributed by atoms with Crippen LogP contribution >= 0.6 is 0 Å². The molecule has 0 bridgehead atoms. The zero-order valence-electron chi connectivity index (χ0n) is 9.69. The zero-order chi connectivity index (χ0) is 10.9. The van der Waals surface area contributed by atoms with Gasteiger partial charge in [0.25, 0.3) is 0 Å². The molecule has 78 valence electrons. The van der Waals surface area contributed by atoms with Crippen LogP contribution in [0, 0.1) is 12.7 Å². The molecule has 0 nitrogen and oxygen atoms in total. The van der Waals surface area contributed by atoms with Crippen molar-refractivity contribution in [1.29, 1.82) is 0 Å². The van der Waals surface area contributed by atoms with E-state index in [1.165, 1.54) is 0 Å². The maximum absolute atomic E-state index is 14.0. The topological polar surface area (TPSA) is 0 Å². The Bertz CT molecular complexity index is 295. The number of rotatable bonds is 2. The molecule has 0 amide bonds. The Labute approximate surface area is 86.2 Å². The van der Waals surface area contributed by atoms with Crippen molar-refractivity contribution in [1.82, 2.24) is 0 Å². The second kappa shape index (κ2) is 4.12. The molecule has 1 aromatic carbocycles. The standard InChI is InChI=1S/C13H19F/c1-8(2)11-6-10(5)7-12(9(3)4)13(11)14/h6-9H,1-5H3. The SMILES string of the molecule is Cc1cc(C(C)C)c(F)c(C(C)C)c1. The minimum absolute atomic E-state index is 0.0133. The molecule has 0 aromatic heterocycles. The van der Waals surface area contributed by atoms with E-state index < -0.39 is 0 Å². The van der Waals surface area contributed by atoms with E-state index in [4.69, 9.17) is 0 Å². The average Bonchev–Trinajstić information content (AvgIpc) is 2.07. The number of hydrogen-bond donors (Lipinski definition) is 0. The summed E-state index contributed by atoms with van der Waals surface area (Å²) in [6.45, 7) is 10.1. The molecule has 0 atom stereocenters. The third-order valence-corrected chi connectivity index (χ3v) is 2.52. The molecule has 1 heteroatoms. The predicted octanol–water partition coefficient (Wildman–Crippen LogP) is 4.38. The lowest BCUT2D eigenvalue weighted by Gasteiger charge is -2.14. The lowest BCUT2D eigenvalue weighted by Crippen LogP contribution is -2.01. The van der Waals surface area contributed by atoms with Crippen LogP contribution in [-0.4, -0.2) is 0 Å². The van der Waals surface area contributed by atoms with E-state index in [-0.39, 0.29) is 17.7 Å². The van der Waals surface area contributed by atoms with E-state index in [0.717, 1.165) is 16.7 Å². The second-order valence-corrected chi connectivity index (χ2v) is 4.57. The fraction of sp³-hybridized carbons (Fsp3) is 0.538. The van der Waals surface area contributed by atoms with Crippen molar-refractivity contribution in [2.24, 2.45) is 0 Å². The van der Waals surface area contributed by atoms with E-state index in [1.54, 1.807) is 0 Å². The van der Waals surface area contributed by atoms with Gasteiger partial charge in [-0.05, 0) is 29.9 Å². The molecule has 0 N–H and O–H groups in total. The molecule has 0 aliphatic carbocycles. The van der Waals surface area contributed by atoms with Gasteiger partial charge in [-0.15, -0.1) is 0 Å². The Morgan fingerprint density at radius 3 is 1.57 bits per heavy atom. The van der Waals surface area contributed by atoms with Gasteiger partial charge in [0.2, 0.25) is 0 Å². The molecule has 0 unspecified atom stereocenters. The molecule has 14 heavy (non-hydrogen) atoms. The van der Waals surface area contributed by atoms with Crippen molar-refractivity contribution in [2.45, 2.75) is 46.5 Å². The first kappa shape index (κ1) is 11.2. The summed E-state index contributed by atoms with van der Waals surface area (Å²) in [6.07, 6.45) is 0. The summed E-state index contributed by atoms with van der Waals surface area (Å²) in [5.41, 5.74) is 2.83. The van der Waals surface area contributed by atoms with Gasteiger partial charge in [0.1, 0.15) is 5.82 Å². The van der Waals surface area contributed by atoms with Gasteiger partial charge >= 0.3 is 0 Å². The van der Waals surface area contributed by atoms with Crippen molar-refractivity contribution in [2.75, 3.05) is 0 Å². The molecule has 0 aliphatic heterocycles. The first-order valence-electron chi connectivity index (χ1n) is 5.23. The van der Waals surface area contributed by atoms with Gasteiger partial charge in [-0.1, -0.05) is 45.4 Å². The van der Waals surface area contributed by atoms with Crippen LogP contribution in [0.15, 0.2) is 12.1 Å². The highest BCUT2D eigenvalue weighted by atomic mass is 19.1. The van der Waals surface area contributed by atoms with Gasteiger partial charge in [0, 0.05) is 0 Å². The van der Waals surface area contributed by atoms with E-state index >= 15 is 0 Å². The van der Waals surface area contributed by atoms with Gasteiger partial charge < -0.3 is 0 Å². The van der Waals surface area contributed by atoms with E-state index in [9.17, 15) is 4.39 Å². The quantitative estimate of drug-likeness (QED) is 0.655. The largest absolute Gasteiger partial charge is 0.206 e. The van der Waals surface area contributed by atoms with Crippen molar-refractivity contribution in [3.63, 3.8) is 0 Å². The van der Waals surface area contributed by atoms with Crippen LogP contribution in [-0.2, 0) is 0 Å². The summed E-state index contributed by atoms with van der Waals surface area (Å²) >= 11 is 0. The van der Waals surface area contributed by atoms with Gasteiger partial charge in [-0.2, -0.15) is 0 Å². The monoisotopic (exact) mass is 194 g/mol. The summed E-state index contributed by atoms with van der Waals surface area (Å²) in [5.74, 6) is 0.500. The minimum Gasteiger partial charge on any atom is -0.206 e. The molecule has 0 fully saturated rings. The van der Waals surface area contributed by atoms with Crippen molar-refractivity contribution in [3.05, 3.63) is 34.6 Å². The van der Waals surface area contributed by atoms with Crippen molar-refractivity contribution >= 4 is 0 Å². The van der Waals surface area contributed by atoms with Crippen LogP contribution in [0.25, 0.3) is 0 Å². The third kappa shape index (κ3) is 2.14. The van der Waals surface area contributed by atoms with Crippen molar-refractivity contribution < 1.29 is 4.39 Å². The smallest absolute Gasteiger partial charge is 0.130 e. The molecule has 0 saturated carbocycles. The Balaban J connectivity index is 3.32. The highest BCUT2D eigenvalue weighted by Gasteiger charge is 2.14. The first-order valence-corrected chi connectivity index (χ1v) is 5.23. The maximum Gasteiger partial charge on any atom is 0.130 e. The Morgan fingerprint density at radius 2 is 1.29 bits per heavy atom. The molecular formula is C13H19F. The highest BCUT2D eigenvalue weighted by Crippen LogP contribution is 2.27. The van der Waals surface area contributed by atoms with Crippen LogP contribution in [0.2, 0.25) is 0 Å². The molecule has 0 radical (unpaired) electrons. The lowest BCUT2D eigenvalue weighted by atomic mass is 9.92. The van der Waals surface area contributed by atoms with Crippen molar-refractivity contribution in [3.8, 4) is 0 Å². The molecule has 0 spiro atoms. The molecule has 0 heterocycles. The van der Waals surface area contributed by atoms with Gasteiger partial charge in [0.05, 0.1) is 0 Å².